The van der Waals surface area contributed by atoms with Gasteiger partial charge in [0.1, 0.15) is 0 Å². The van der Waals surface area contributed by atoms with Gasteiger partial charge in [0.15, 0.2) is 0 Å². The molecule has 0 nitrogen and oxygen atoms in total. The van der Waals surface area contributed by atoms with Crippen LogP contribution in [-0.4, -0.2) is 0 Å². The monoisotopic (exact) mass is 506 g/mol. The first-order valence-electron chi connectivity index (χ1n) is 13.8. The molecule has 39 heavy (non-hydrogen) atoms. The van der Waals surface area contributed by atoms with E-state index in [2.05, 4.69) is 179 Å². The lowest BCUT2D eigenvalue weighted by Gasteiger charge is -2.37. The fourth-order valence-corrected chi connectivity index (χ4v) is 5.23. The Labute approximate surface area is 235 Å². The second-order valence-electron chi connectivity index (χ2n) is 9.51. The Bertz CT molecular complexity index is 1350. The Morgan fingerprint density at radius 2 is 0.897 bits per heavy atom. The largest absolute Gasteiger partial charge is 0.0871 e. The van der Waals surface area contributed by atoms with Crippen molar-refractivity contribution in [2.75, 3.05) is 0 Å². The zero-order valence-electron chi connectivity index (χ0n) is 23.3. The number of allylic oxidation sites excluding steroid dienone is 4. The van der Waals surface area contributed by atoms with Crippen LogP contribution in [0.15, 0.2) is 164 Å². The van der Waals surface area contributed by atoms with Crippen LogP contribution in [0.25, 0.3) is 5.57 Å². The second kappa shape index (κ2) is 13.9. The summed E-state index contributed by atoms with van der Waals surface area (Å²) in [5, 5.41) is 0. The molecule has 0 aliphatic heterocycles. The standard InChI is InChI=1S/C31H28.C8H10/c1-3-14-25(4-2)26-21-23-30(24-22-26)31(27-15-8-5-9-16-27,28-17-10-6-11-18-28)29-19-12-7-13-20-29;1-2-8-6-4-3-5-7-8/h3-24H,1-2H3;3-7H,2H2,1H3/b14-3-,25-4+;. The SMILES string of the molecule is C/C=C\C(=C/C)c1ccc(C(c2ccccc2)(c2ccccc2)c2ccccc2)cc1.CCc1ccccc1. The summed E-state index contributed by atoms with van der Waals surface area (Å²) >= 11 is 0. The van der Waals surface area contributed by atoms with Crippen molar-refractivity contribution in [3.05, 3.63) is 197 Å². The van der Waals surface area contributed by atoms with Crippen LogP contribution in [0.4, 0.5) is 0 Å². The zero-order chi connectivity index (χ0) is 27.3. The van der Waals surface area contributed by atoms with E-state index in [1.54, 1.807) is 0 Å². The van der Waals surface area contributed by atoms with E-state index in [1.165, 1.54) is 39.0 Å². The molecule has 5 aromatic carbocycles. The maximum absolute atomic E-state index is 2.29. The van der Waals surface area contributed by atoms with Gasteiger partial charge in [0.05, 0.1) is 5.41 Å². The average Bonchev–Trinajstić information content (AvgIpc) is 3.03. The fraction of sp³-hybridized carbons (Fsp3) is 0.128. The van der Waals surface area contributed by atoms with E-state index < -0.39 is 0 Å². The maximum atomic E-state index is 2.29. The molecule has 0 fully saturated rings. The first-order chi connectivity index (χ1) is 19.2. The predicted octanol–water partition coefficient (Wildman–Crippen LogP) is 10.3. The third-order valence-corrected chi connectivity index (χ3v) is 7.18. The van der Waals surface area contributed by atoms with Crippen molar-refractivity contribution >= 4 is 5.57 Å². The lowest BCUT2D eigenvalue weighted by Crippen LogP contribution is -2.30. The van der Waals surface area contributed by atoms with Crippen LogP contribution in [0.5, 0.6) is 0 Å². The predicted molar refractivity (Wildman–Crippen MR) is 169 cm³/mol. The molecule has 0 heterocycles. The van der Waals surface area contributed by atoms with E-state index in [4.69, 9.17) is 0 Å². The van der Waals surface area contributed by atoms with Crippen molar-refractivity contribution in [2.45, 2.75) is 32.6 Å². The van der Waals surface area contributed by atoms with Gasteiger partial charge in [-0.3, -0.25) is 0 Å². The van der Waals surface area contributed by atoms with Gasteiger partial charge < -0.3 is 0 Å². The smallest absolute Gasteiger partial charge is 0.0701 e. The normalized spacial score (nSPS) is 11.6. The molecule has 0 aliphatic carbocycles. The number of hydrogen-bond acceptors (Lipinski definition) is 0. The Hall–Kier alpha value is -4.42. The Kier molecular flexibility index (Phi) is 9.86. The molecule has 0 aliphatic rings. The molecule has 0 atom stereocenters. The van der Waals surface area contributed by atoms with Crippen molar-refractivity contribution in [3.8, 4) is 0 Å². The Balaban J connectivity index is 0.000000379. The summed E-state index contributed by atoms with van der Waals surface area (Å²) in [7, 11) is 0. The lowest BCUT2D eigenvalue weighted by atomic mass is 9.65. The molecule has 0 heteroatoms. The number of hydrogen-bond donors (Lipinski definition) is 0. The van der Waals surface area contributed by atoms with Crippen LogP contribution >= 0.6 is 0 Å². The molecule has 194 valence electrons. The summed E-state index contributed by atoms with van der Waals surface area (Å²) in [6.07, 6.45) is 7.55. The highest BCUT2D eigenvalue weighted by Crippen LogP contribution is 2.45. The molecule has 0 saturated heterocycles. The van der Waals surface area contributed by atoms with Gasteiger partial charge in [-0.25, -0.2) is 0 Å². The van der Waals surface area contributed by atoms with Gasteiger partial charge in [-0.2, -0.15) is 0 Å². The van der Waals surface area contributed by atoms with Crippen LogP contribution < -0.4 is 0 Å². The van der Waals surface area contributed by atoms with Crippen molar-refractivity contribution in [2.24, 2.45) is 0 Å². The van der Waals surface area contributed by atoms with E-state index in [9.17, 15) is 0 Å². The van der Waals surface area contributed by atoms with E-state index in [0.717, 1.165) is 6.42 Å². The van der Waals surface area contributed by atoms with E-state index in [-0.39, 0.29) is 5.41 Å². The van der Waals surface area contributed by atoms with Gasteiger partial charge in [-0.1, -0.05) is 171 Å². The molecule has 0 saturated carbocycles. The van der Waals surface area contributed by atoms with Gasteiger partial charge >= 0.3 is 0 Å². The molecule has 0 N–H and O–H groups in total. The fourth-order valence-electron chi connectivity index (χ4n) is 5.23. The first kappa shape index (κ1) is 27.6. The van der Waals surface area contributed by atoms with Gasteiger partial charge in [0.25, 0.3) is 0 Å². The summed E-state index contributed by atoms with van der Waals surface area (Å²) in [6, 6.07) is 52.0. The zero-order valence-corrected chi connectivity index (χ0v) is 23.3. The molecule has 5 aromatic rings. The highest BCUT2D eigenvalue weighted by molar-refractivity contribution is 5.74. The highest BCUT2D eigenvalue weighted by Gasteiger charge is 2.38. The number of rotatable bonds is 7. The molecule has 0 bridgehead atoms. The van der Waals surface area contributed by atoms with Crippen molar-refractivity contribution in [1.29, 1.82) is 0 Å². The van der Waals surface area contributed by atoms with Crippen LogP contribution in [0.2, 0.25) is 0 Å². The summed E-state index contributed by atoms with van der Waals surface area (Å²) in [5.74, 6) is 0. The second-order valence-corrected chi connectivity index (χ2v) is 9.51. The van der Waals surface area contributed by atoms with E-state index >= 15 is 0 Å². The summed E-state index contributed by atoms with van der Waals surface area (Å²) in [5.41, 5.74) is 8.54. The van der Waals surface area contributed by atoms with Crippen LogP contribution in [0.3, 0.4) is 0 Å². The van der Waals surface area contributed by atoms with Gasteiger partial charge in [0, 0.05) is 0 Å². The molecule has 0 radical (unpaired) electrons. The number of benzene rings is 5. The lowest BCUT2D eigenvalue weighted by molar-refractivity contribution is 0.745. The quantitative estimate of drug-likeness (QED) is 0.152. The minimum atomic E-state index is -0.390. The van der Waals surface area contributed by atoms with E-state index in [1.807, 2.05) is 6.07 Å². The summed E-state index contributed by atoms with van der Waals surface area (Å²) < 4.78 is 0. The summed E-state index contributed by atoms with van der Waals surface area (Å²) in [6.45, 7) is 6.31. The molecular weight excluding hydrogens is 468 g/mol. The van der Waals surface area contributed by atoms with E-state index in [0.29, 0.717) is 0 Å². The van der Waals surface area contributed by atoms with Crippen LogP contribution in [-0.2, 0) is 11.8 Å². The number of aryl methyl sites for hydroxylation is 1. The molecule has 0 spiro atoms. The topological polar surface area (TPSA) is 0 Å². The molecule has 0 unspecified atom stereocenters. The van der Waals surface area contributed by atoms with Gasteiger partial charge in [-0.05, 0) is 59.2 Å². The third kappa shape index (κ3) is 6.36. The van der Waals surface area contributed by atoms with Gasteiger partial charge in [0.2, 0.25) is 0 Å². The van der Waals surface area contributed by atoms with Crippen molar-refractivity contribution in [3.63, 3.8) is 0 Å². The average molecular weight is 507 g/mol. The van der Waals surface area contributed by atoms with Crippen molar-refractivity contribution < 1.29 is 0 Å². The van der Waals surface area contributed by atoms with Crippen molar-refractivity contribution in [1.82, 2.24) is 0 Å². The molecular formula is C39H38. The van der Waals surface area contributed by atoms with Gasteiger partial charge in [-0.15, -0.1) is 0 Å². The van der Waals surface area contributed by atoms with Crippen LogP contribution in [0.1, 0.15) is 54.2 Å². The Morgan fingerprint density at radius 3 is 1.23 bits per heavy atom. The first-order valence-corrected chi connectivity index (χ1v) is 13.8. The minimum Gasteiger partial charge on any atom is -0.0871 e. The Morgan fingerprint density at radius 1 is 0.513 bits per heavy atom. The molecule has 5 rings (SSSR count). The third-order valence-electron chi connectivity index (χ3n) is 7.18. The minimum absolute atomic E-state index is 0.390. The molecule has 0 amide bonds. The molecule has 0 aromatic heterocycles. The van der Waals surface area contributed by atoms with Crippen LogP contribution in [0, 0.1) is 0 Å². The maximum Gasteiger partial charge on any atom is 0.0701 e. The highest BCUT2D eigenvalue weighted by atomic mass is 14.4. The summed E-state index contributed by atoms with van der Waals surface area (Å²) in [4.78, 5) is 0.